The van der Waals surface area contributed by atoms with Crippen LogP contribution in [0, 0.1) is 0 Å². The van der Waals surface area contributed by atoms with Crippen LogP contribution in [0.2, 0.25) is 0 Å². The Balaban J connectivity index is 1.30. The van der Waals surface area contributed by atoms with Crippen LogP contribution >= 0.6 is 0 Å². The van der Waals surface area contributed by atoms with Crippen molar-refractivity contribution in [1.82, 2.24) is 4.90 Å². The normalized spacial score (nSPS) is 21.1. The first-order chi connectivity index (χ1) is 15.8. The topological polar surface area (TPSA) is 90.0 Å². The molecule has 0 aliphatic carbocycles. The molecule has 0 bridgehead atoms. The summed E-state index contributed by atoms with van der Waals surface area (Å²) in [6.45, 7) is 4.30. The number of nitrogens with zero attached hydrogens (tertiary/aromatic N) is 3. The second-order valence-electron chi connectivity index (χ2n) is 8.98. The molecule has 0 saturated carbocycles. The Morgan fingerprint density at radius 2 is 1.85 bits per heavy atom. The van der Waals surface area contributed by atoms with E-state index in [9.17, 15) is 19.2 Å². The summed E-state index contributed by atoms with van der Waals surface area (Å²) >= 11 is 0. The summed E-state index contributed by atoms with van der Waals surface area (Å²) in [5, 5.41) is 2.91. The zero-order valence-corrected chi connectivity index (χ0v) is 18.8. The van der Waals surface area contributed by atoms with Gasteiger partial charge in [0, 0.05) is 44.2 Å². The lowest BCUT2D eigenvalue weighted by atomic mass is 9.98. The Bertz CT molecular complexity index is 1190. The van der Waals surface area contributed by atoms with Crippen molar-refractivity contribution in [3.05, 3.63) is 53.6 Å². The molecule has 1 atom stereocenters. The van der Waals surface area contributed by atoms with Crippen LogP contribution in [-0.2, 0) is 20.8 Å². The molecule has 5 rings (SSSR count). The average molecular weight is 447 g/mol. The average Bonchev–Trinajstić information content (AvgIpc) is 3.34. The van der Waals surface area contributed by atoms with Crippen molar-refractivity contribution in [2.75, 3.05) is 28.2 Å². The molecular weight excluding hydrogens is 420 g/mol. The highest BCUT2D eigenvalue weighted by atomic mass is 16.2. The van der Waals surface area contributed by atoms with E-state index in [2.05, 4.69) is 5.32 Å². The third kappa shape index (κ3) is 3.37. The lowest BCUT2D eigenvalue weighted by Crippen LogP contribution is -2.62. The van der Waals surface area contributed by atoms with Gasteiger partial charge in [-0.15, -0.1) is 0 Å². The van der Waals surface area contributed by atoms with Gasteiger partial charge in [-0.05, 0) is 55.7 Å². The number of hydrogen-bond donors (Lipinski definition) is 1. The number of fused-ring (bicyclic) bond motifs is 4. The van der Waals surface area contributed by atoms with E-state index in [0.717, 1.165) is 17.7 Å². The zero-order valence-electron chi connectivity index (χ0n) is 18.8. The second-order valence-corrected chi connectivity index (χ2v) is 8.98. The third-order valence-electron chi connectivity index (χ3n) is 6.95. The van der Waals surface area contributed by atoms with Crippen molar-refractivity contribution < 1.29 is 19.2 Å². The number of benzene rings is 2. The fourth-order valence-electron chi connectivity index (χ4n) is 5.28. The number of hydrogen-bond acceptors (Lipinski definition) is 4. The van der Waals surface area contributed by atoms with Gasteiger partial charge in [0.2, 0.25) is 17.7 Å². The third-order valence-corrected chi connectivity index (χ3v) is 6.95. The molecule has 33 heavy (non-hydrogen) atoms. The van der Waals surface area contributed by atoms with E-state index < -0.39 is 5.66 Å². The number of para-hydroxylation sites is 1. The number of rotatable bonds is 4. The maximum Gasteiger partial charge on any atom is 0.257 e. The largest absolute Gasteiger partial charge is 0.326 e. The number of carbonyl (C=O) groups excluding carboxylic acids is 4. The Morgan fingerprint density at radius 1 is 1.06 bits per heavy atom. The molecule has 3 aliphatic heterocycles. The smallest absolute Gasteiger partial charge is 0.257 e. The second kappa shape index (κ2) is 7.72. The summed E-state index contributed by atoms with van der Waals surface area (Å²) in [7, 11) is 0. The van der Waals surface area contributed by atoms with Crippen molar-refractivity contribution in [3.8, 4) is 0 Å². The van der Waals surface area contributed by atoms with E-state index >= 15 is 0 Å². The van der Waals surface area contributed by atoms with Gasteiger partial charge in [-0.25, -0.2) is 0 Å². The minimum atomic E-state index is -0.771. The lowest BCUT2D eigenvalue weighted by molar-refractivity contribution is -0.118. The maximum absolute atomic E-state index is 13.3. The first-order valence-electron chi connectivity index (χ1n) is 11.2. The summed E-state index contributed by atoms with van der Waals surface area (Å²) in [5.41, 5.74) is 2.94. The highest BCUT2D eigenvalue weighted by Gasteiger charge is 2.52. The van der Waals surface area contributed by atoms with Gasteiger partial charge < -0.3 is 15.1 Å². The van der Waals surface area contributed by atoms with Gasteiger partial charge in [-0.2, -0.15) is 0 Å². The molecule has 1 unspecified atom stereocenters. The van der Waals surface area contributed by atoms with Crippen molar-refractivity contribution in [1.29, 1.82) is 0 Å². The molecule has 0 aromatic heterocycles. The molecule has 1 N–H and O–H groups in total. The molecule has 8 nitrogen and oxygen atoms in total. The van der Waals surface area contributed by atoms with Crippen LogP contribution in [0.15, 0.2) is 42.5 Å². The summed E-state index contributed by atoms with van der Waals surface area (Å²) < 4.78 is 0. The summed E-state index contributed by atoms with van der Waals surface area (Å²) in [6.07, 6.45) is 1.77. The molecule has 2 aromatic rings. The van der Waals surface area contributed by atoms with Crippen LogP contribution in [0.25, 0.3) is 0 Å². The maximum atomic E-state index is 13.3. The number of carbonyl (C=O) groups is 4. The Labute approximate surface area is 192 Å². The molecule has 1 saturated heterocycles. The van der Waals surface area contributed by atoms with Crippen LogP contribution in [0.3, 0.4) is 0 Å². The quantitative estimate of drug-likeness (QED) is 0.782. The molecule has 8 heteroatoms. The highest BCUT2D eigenvalue weighted by molar-refractivity contribution is 6.10. The minimum Gasteiger partial charge on any atom is -0.326 e. The molecular formula is C25H26N4O4. The van der Waals surface area contributed by atoms with E-state index in [0.29, 0.717) is 36.3 Å². The van der Waals surface area contributed by atoms with Gasteiger partial charge >= 0.3 is 0 Å². The van der Waals surface area contributed by atoms with Crippen LogP contribution in [0.1, 0.15) is 49.0 Å². The van der Waals surface area contributed by atoms with Gasteiger partial charge in [0.25, 0.3) is 5.91 Å². The van der Waals surface area contributed by atoms with Crippen molar-refractivity contribution >= 4 is 40.7 Å². The standard InChI is InChI=1S/C25H26N4O4/c1-16(30)27-13-10-17-15-18(7-8-20(17)27)26-22(31)11-14-28-24(33)19-5-3-4-6-21(19)29-23(32)9-12-25(28,29)2/h3-8,15H,9-14H2,1-2H3,(H,26,31). The number of nitrogens with one attached hydrogen (secondary N) is 1. The zero-order chi connectivity index (χ0) is 23.3. The molecule has 0 spiro atoms. The Hall–Kier alpha value is -3.68. The number of anilines is 3. The van der Waals surface area contributed by atoms with Crippen molar-refractivity contribution in [2.24, 2.45) is 0 Å². The molecule has 170 valence electrons. The monoisotopic (exact) mass is 446 g/mol. The molecule has 1 fully saturated rings. The highest BCUT2D eigenvalue weighted by Crippen LogP contribution is 2.44. The van der Waals surface area contributed by atoms with Crippen LogP contribution in [0.4, 0.5) is 17.1 Å². The minimum absolute atomic E-state index is 0.00578. The van der Waals surface area contributed by atoms with Crippen molar-refractivity contribution in [2.45, 2.75) is 45.2 Å². The fourth-order valence-corrected chi connectivity index (χ4v) is 5.28. The summed E-state index contributed by atoms with van der Waals surface area (Å²) in [6, 6.07) is 12.7. The van der Waals surface area contributed by atoms with E-state index in [-0.39, 0.29) is 36.6 Å². The van der Waals surface area contributed by atoms with E-state index in [4.69, 9.17) is 0 Å². The van der Waals surface area contributed by atoms with Gasteiger partial charge in [-0.1, -0.05) is 12.1 Å². The van der Waals surface area contributed by atoms with Gasteiger partial charge in [-0.3, -0.25) is 24.1 Å². The number of amides is 4. The molecule has 2 aromatic carbocycles. The fraction of sp³-hybridized carbons (Fsp3) is 0.360. The molecule has 4 amide bonds. The predicted octanol–water partition coefficient (Wildman–Crippen LogP) is 2.92. The first kappa shape index (κ1) is 21.2. The van der Waals surface area contributed by atoms with E-state index in [1.165, 1.54) is 0 Å². The van der Waals surface area contributed by atoms with Gasteiger partial charge in [0.05, 0.1) is 11.3 Å². The van der Waals surface area contributed by atoms with Crippen LogP contribution in [0.5, 0.6) is 0 Å². The lowest BCUT2D eigenvalue weighted by Gasteiger charge is -2.48. The van der Waals surface area contributed by atoms with E-state index in [1.54, 1.807) is 45.9 Å². The SMILES string of the molecule is CC(=O)N1CCc2cc(NC(=O)CCN3C(=O)c4ccccc4N4C(=O)CCC34C)ccc21. The van der Waals surface area contributed by atoms with E-state index in [1.807, 2.05) is 25.1 Å². The molecule has 3 aliphatic rings. The molecule has 3 heterocycles. The first-order valence-corrected chi connectivity index (χ1v) is 11.2. The van der Waals surface area contributed by atoms with Crippen molar-refractivity contribution in [3.63, 3.8) is 0 Å². The van der Waals surface area contributed by atoms with Crippen LogP contribution in [-0.4, -0.2) is 47.3 Å². The Kier molecular flexibility index (Phi) is 4.96. The van der Waals surface area contributed by atoms with Gasteiger partial charge in [0.15, 0.2) is 0 Å². The van der Waals surface area contributed by atoms with Crippen LogP contribution < -0.4 is 15.1 Å². The Morgan fingerprint density at radius 3 is 2.64 bits per heavy atom. The summed E-state index contributed by atoms with van der Waals surface area (Å²) in [4.78, 5) is 55.5. The summed E-state index contributed by atoms with van der Waals surface area (Å²) in [5.74, 6) is -0.368. The predicted molar refractivity (Wildman–Crippen MR) is 124 cm³/mol. The van der Waals surface area contributed by atoms with Gasteiger partial charge in [0.1, 0.15) is 5.66 Å². The molecule has 0 radical (unpaired) electrons.